The minimum atomic E-state index is -3.05. The zero-order chi connectivity index (χ0) is 18.4. The molecular formula is C16H18N2O5S2. The molecule has 1 amide bonds. The highest BCUT2D eigenvalue weighted by Gasteiger charge is 2.11. The average Bonchev–Trinajstić information content (AvgIpc) is 3.02. The number of carboxylic acids is 1. The van der Waals surface area contributed by atoms with Gasteiger partial charge in [-0.25, -0.2) is 18.2 Å². The van der Waals surface area contributed by atoms with E-state index in [0.717, 1.165) is 17.4 Å². The van der Waals surface area contributed by atoms with Crippen molar-refractivity contribution in [2.45, 2.75) is 19.4 Å². The van der Waals surface area contributed by atoms with Crippen molar-refractivity contribution < 1.29 is 23.1 Å². The summed E-state index contributed by atoms with van der Waals surface area (Å²) >= 11 is 1.24. The van der Waals surface area contributed by atoms with E-state index in [2.05, 4.69) is 10.3 Å². The first-order valence-electron chi connectivity index (χ1n) is 7.47. The Morgan fingerprint density at radius 1 is 1.32 bits per heavy atom. The Kier molecular flexibility index (Phi) is 6.27. The minimum absolute atomic E-state index is 0.00424. The molecule has 0 unspecified atom stereocenters. The SMILES string of the molecule is CS(=O)(=O)CCCC(=O)NCc1cccc(-c2nc(C(=O)O)cs2)c1. The number of carbonyl (C=O) groups excluding carboxylic acids is 1. The molecular weight excluding hydrogens is 364 g/mol. The van der Waals surface area contributed by atoms with Crippen molar-refractivity contribution in [3.63, 3.8) is 0 Å². The van der Waals surface area contributed by atoms with E-state index in [9.17, 15) is 18.0 Å². The number of rotatable bonds is 8. The van der Waals surface area contributed by atoms with Gasteiger partial charge in [-0.1, -0.05) is 18.2 Å². The number of hydrogen-bond donors (Lipinski definition) is 2. The lowest BCUT2D eigenvalue weighted by Crippen LogP contribution is -2.23. The number of carbonyl (C=O) groups is 2. The maximum absolute atomic E-state index is 11.8. The van der Waals surface area contributed by atoms with Crippen LogP contribution in [0.25, 0.3) is 10.6 Å². The number of hydrogen-bond acceptors (Lipinski definition) is 6. The molecule has 0 radical (unpaired) electrons. The highest BCUT2D eigenvalue weighted by molar-refractivity contribution is 7.90. The van der Waals surface area contributed by atoms with Gasteiger partial charge in [-0.3, -0.25) is 4.79 Å². The Labute approximate surface area is 149 Å². The molecule has 2 N–H and O–H groups in total. The fraction of sp³-hybridized carbons (Fsp3) is 0.312. The number of aromatic carboxylic acids is 1. The smallest absolute Gasteiger partial charge is 0.355 e. The van der Waals surface area contributed by atoms with Crippen LogP contribution in [0, 0.1) is 0 Å². The Balaban J connectivity index is 1.92. The van der Waals surface area contributed by atoms with Crippen molar-refractivity contribution in [3.8, 4) is 10.6 Å². The predicted molar refractivity (Wildman–Crippen MR) is 95.3 cm³/mol. The van der Waals surface area contributed by atoms with Crippen molar-refractivity contribution in [1.82, 2.24) is 10.3 Å². The van der Waals surface area contributed by atoms with Gasteiger partial charge in [-0.2, -0.15) is 0 Å². The lowest BCUT2D eigenvalue weighted by molar-refractivity contribution is -0.121. The molecule has 2 aromatic rings. The van der Waals surface area contributed by atoms with Crippen LogP contribution in [0.2, 0.25) is 0 Å². The molecule has 0 aliphatic rings. The van der Waals surface area contributed by atoms with E-state index >= 15 is 0 Å². The van der Waals surface area contributed by atoms with Crippen LogP contribution >= 0.6 is 11.3 Å². The highest BCUT2D eigenvalue weighted by atomic mass is 32.2. The number of sulfone groups is 1. The van der Waals surface area contributed by atoms with Gasteiger partial charge in [-0.05, 0) is 18.1 Å². The summed E-state index contributed by atoms with van der Waals surface area (Å²) in [5.41, 5.74) is 1.63. The molecule has 0 aliphatic carbocycles. The molecule has 0 fully saturated rings. The zero-order valence-electron chi connectivity index (χ0n) is 13.6. The molecule has 1 aromatic heterocycles. The molecule has 2 rings (SSSR count). The van der Waals surface area contributed by atoms with E-state index in [-0.39, 0.29) is 23.8 Å². The number of nitrogens with one attached hydrogen (secondary N) is 1. The maximum Gasteiger partial charge on any atom is 0.355 e. The van der Waals surface area contributed by atoms with Gasteiger partial charge >= 0.3 is 5.97 Å². The lowest BCUT2D eigenvalue weighted by atomic mass is 10.1. The largest absolute Gasteiger partial charge is 0.476 e. The molecule has 0 atom stereocenters. The molecule has 0 saturated heterocycles. The van der Waals surface area contributed by atoms with E-state index in [1.165, 1.54) is 16.7 Å². The third-order valence-electron chi connectivity index (χ3n) is 3.31. The van der Waals surface area contributed by atoms with E-state index in [0.29, 0.717) is 18.0 Å². The molecule has 134 valence electrons. The van der Waals surface area contributed by atoms with Gasteiger partial charge in [0.05, 0.1) is 5.75 Å². The summed E-state index contributed by atoms with van der Waals surface area (Å²) < 4.78 is 22.1. The quantitative estimate of drug-likeness (QED) is 0.721. The van der Waals surface area contributed by atoms with Crippen LogP contribution in [-0.4, -0.2) is 42.4 Å². The number of nitrogens with zero attached hydrogens (tertiary/aromatic N) is 1. The molecule has 0 bridgehead atoms. The van der Waals surface area contributed by atoms with E-state index in [4.69, 9.17) is 5.11 Å². The van der Waals surface area contributed by atoms with Gasteiger partial charge in [0.15, 0.2) is 5.69 Å². The minimum Gasteiger partial charge on any atom is -0.476 e. The first-order valence-corrected chi connectivity index (χ1v) is 10.4. The van der Waals surface area contributed by atoms with Gasteiger partial charge in [0.1, 0.15) is 14.8 Å². The fourth-order valence-corrected chi connectivity index (χ4v) is 3.56. The first kappa shape index (κ1) is 19.1. The molecule has 1 heterocycles. The molecule has 0 aliphatic heterocycles. The second kappa shape index (κ2) is 8.21. The number of benzene rings is 1. The van der Waals surface area contributed by atoms with Crippen LogP contribution in [0.4, 0.5) is 0 Å². The number of aromatic nitrogens is 1. The molecule has 0 spiro atoms. The highest BCUT2D eigenvalue weighted by Crippen LogP contribution is 2.24. The van der Waals surface area contributed by atoms with Crippen LogP contribution in [0.3, 0.4) is 0 Å². The van der Waals surface area contributed by atoms with Gasteiger partial charge in [0, 0.05) is 30.2 Å². The summed E-state index contributed by atoms with van der Waals surface area (Å²) in [6.07, 6.45) is 1.59. The monoisotopic (exact) mass is 382 g/mol. The summed E-state index contributed by atoms with van der Waals surface area (Å²) in [6.45, 7) is 0.308. The topological polar surface area (TPSA) is 113 Å². The zero-order valence-corrected chi connectivity index (χ0v) is 15.2. The summed E-state index contributed by atoms with van der Waals surface area (Å²) in [7, 11) is -3.05. The summed E-state index contributed by atoms with van der Waals surface area (Å²) in [5.74, 6) is -1.29. The van der Waals surface area contributed by atoms with Gasteiger partial charge in [0.25, 0.3) is 0 Å². The summed E-state index contributed by atoms with van der Waals surface area (Å²) in [6, 6.07) is 7.30. The van der Waals surface area contributed by atoms with Crippen LogP contribution in [0.5, 0.6) is 0 Å². The fourth-order valence-electron chi connectivity index (χ4n) is 2.10. The van der Waals surface area contributed by atoms with Crippen molar-refractivity contribution in [1.29, 1.82) is 0 Å². The Morgan fingerprint density at radius 2 is 2.08 bits per heavy atom. The third-order valence-corrected chi connectivity index (χ3v) is 5.23. The lowest BCUT2D eigenvalue weighted by Gasteiger charge is -2.06. The van der Waals surface area contributed by atoms with E-state index < -0.39 is 15.8 Å². The summed E-state index contributed by atoms with van der Waals surface area (Å²) in [4.78, 5) is 26.7. The van der Waals surface area contributed by atoms with Gasteiger partial charge in [-0.15, -0.1) is 11.3 Å². The van der Waals surface area contributed by atoms with Gasteiger partial charge in [0.2, 0.25) is 5.91 Å². The number of carboxylic acid groups (broad SMARTS) is 1. The Morgan fingerprint density at radius 3 is 2.72 bits per heavy atom. The molecule has 9 heteroatoms. The summed E-state index contributed by atoms with van der Waals surface area (Å²) in [5, 5.41) is 13.7. The normalized spacial score (nSPS) is 11.2. The van der Waals surface area contributed by atoms with Crippen molar-refractivity contribution in [3.05, 3.63) is 40.9 Å². The Bertz CT molecular complexity index is 874. The molecule has 0 saturated carbocycles. The molecule has 1 aromatic carbocycles. The van der Waals surface area contributed by atoms with Crippen LogP contribution < -0.4 is 5.32 Å². The molecule has 25 heavy (non-hydrogen) atoms. The predicted octanol–water partition coefficient (Wildman–Crippen LogP) is 1.95. The average molecular weight is 382 g/mol. The molecule has 7 nitrogen and oxygen atoms in total. The van der Waals surface area contributed by atoms with Crippen LogP contribution in [-0.2, 0) is 21.2 Å². The van der Waals surface area contributed by atoms with Crippen molar-refractivity contribution in [2.75, 3.05) is 12.0 Å². The Hall–Kier alpha value is -2.26. The maximum atomic E-state index is 11.8. The van der Waals surface area contributed by atoms with Crippen LogP contribution in [0.15, 0.2) is 29.6 Å². The third kappa shape index (κ3) is 6.28. The second-order valence-electron chi connectivity index (χ2n) is 5.55. The van der Waals surface area contributed by atoms with Gasteiger partial charge < -0.3 is 10.4 Å². The van der Waals surface area contributed by atoms with E-state index in [1.54, 1.807) is 0 Å². The van der Waals surface area contributed by atoms with Crippen LogP contribution in [0.1, 0.15) is 28.9 Å². The standard InChI is InChI=1S/C16H18N2O5S2/c1-25(22,23)7-3-6-14(19)17-9-11-4-2-5-12(8-11)15-18-13(10-24-15)16(20)21/h2,4-5,8,10H,3,6-7,9H2,1H3,(H,17,19)(H,20,21). The van der Waals surface area contributed by atoms with Crippen molar-refractivity contribution >= 4 is 33.1 Å². The number of thiazole rings is 1. The van der Waals surface area contributed by atoms with Crippen molar-refractivity contribution in [2.24, 2.45) is 0 Å². The number of amides is 1. The second-order valence-corrected chi connectivity index (χ2v) is 8.67. The van der Waals surface area contributed by atoms with E-state index in [1.807, 2.05) is 24.3 Å². The first-order chi connectivity index (χ1) is 11.7.